The number of nitrogens with two attached hydrogens (primary N) is 1. The number of benzene rings is 1. The summed E-state index contributed by atoms with van der Waals surface area (Å²) in [5.74, 6) is 0.828. The molecule has 1 heterocycles. The van der Waals surface area contributed by atoms with E-state index in [2.05, 4.69) is 6.07 Å². The summed E-state index contributed by atoms with van der Waals surface area (Å²) < 4.78 is 7.22. The average molecular weight is 258 g/mol. The summed E-state index contributed by atoms with van der Waals surface area (Å²) in [4.78, 5) is 11.6. The molecule has 2 aromatic rings. The summed E-state index contributed by atoms with van der Waals surface area (Å²) in [6.07, 6.45) is 1.63. The summed E-state index contributed by atoms with van der Waals surface area (Å²) in [5, 5.41) is 0. The lowest BCUT2D eigenvalue weighted by atomic mass is 10.1. The van der Waals surface area contributed by atoms with Crippen LogP contribution >= 0.6 is 0 Å². The molecule has 0 aliphatic rings. The van der Waals surface area contributed by atoms with E-state index in [1.165, 1.54) is 6.07 Å². The van der Waals surface area contributed by atoms with Gasteiger partial charge >= 0.3 is 0 Å². The van der Waals surface area contributed by atoms with Gasteiger partial charge in [-0.25, -0.2) is 0 Å². The molecule has 0 amide bonds. The van der Waals surface area contributed by atoms with Crippen molar-refractivity contribution < 1.29 is 4.74 Å². The molecule has 0 unspecified atom stereocenters. The van der Waals surface area contributed by atoms with Gasteiger partial charge in [-0.2, -0.15) is 0 Å². The third-order valence-corrected chi connectivity index (χ3v) is 2.80. The second kappa shape index (κ2) is 5.61. The zero-order valence-electron chi connectivity index (χ0n) is 11.2. The Morgan fingerprint density at radius 2 is 1.84 bits per heavy atom. The predicted octanol–water partition coefficient (Wildman–Crippen LogP) is 2.13. The Balaban J connectivity index is 2.00. The van der Waals surface area contributed by atoms with Crippen molar-refractivity contribution in [2.45, 2.75) is 20.4 Å². The molecule has 0 saturated heterocycles. The fourth-order valence-corrected chi connectivity index (χ4v) is 2.00. The molecule has 19 heavy (non-hydrogen) atoms. The van der Waals surface area contributed by atoms with Crippen LogP contribution in [0.4, 0.5) is 5.69 Å². The van der Waals surface area contributed by atoms with Crippen LogP contribution in [-0.4, -0.2) is 11.2 Å². The van der Waals surface area contributed by atoms with E-state index < -0.39 is 0 Å². The molecule has 0 radical (unpaired) electrons. The quantitative estimate of drug-likeness (QED) is 0.914. The summed E-state index contributed by atoms with van der Waals surface area (Å²) in [5.41, 5.74) is 8.48. The summed E-state index contributed by atoms with van der Waals surface area (Å²) in [6, 6.07) is 9.12. The summed E-state index contributed by atoms with van der Waals surface area (Å²) in [6.45, 7) is 4.98. The molecule has 0 atom stereocenters. The van der Waals surface area contributed by atoms with Crippen LogP contribution in [0.5, 0.6) is 5.75 Å². The molecule has 100 valence electrons. The highest BCUT2D eigenvalue weighted by atomic mass is 16.5. The maximum absolute atomic E-state index is 11.6. The van der Waals surface area contributed by atoms with Crippen LogP contribution in [-0.2, 0) is 6.54 Å². The van der Waals surface area contributed by atoms with Crippen molar-refractivity contribution in [3.63, 3.8) is 0 Å². The van der Waals surface area contributed by atoms with Crippen LogP contribution in [0.1, 0.15) is 11.1 Å². The van der Waals surface area contributed by atoms with Crippen LogP contribution in [0.15, 0.2) is 41.3 Å². The lowest BCUT2D eigenvalue weighted by Crippen LogP contribution is -2.22. The SMILES string of the molecule is Cc1cc(C)cc(OCCn2cc(N)ccc2=O)c1. The zero-order chi connectivity index (χ0) is 13.8. The largest absolute Gasteiger partial charge is 0.492 e. The van der Waals surface area contributed by atoms with Crippen molar-refractivity contribution in [2.24, 2.45) is 0 Å². The first-order valence-corrected chi connectivity index (χ1v) is 6.22. The Bertz CT molecular complexity index is 612. The van der Waals surface area contributed by atoms with Gasteiger partial charge in [0.05, 0.1) is 6.54 Å². The molecular formula is C15H18N2O2. The zero-order valence-corrected chi connectivity index (χ0v) is 11.2. The third-order valence-electron chi connectivity index (χ3n) is 2.80. The smallest absolute Gasteiger partial charge is 0.250 e. The van der Waals surface area contributed by atoms with Gasteiger partial charge in [0.2, 0.25) is 0 Å². The molecule has 0 fully saturated rings. The molecule has 4 heteroatoms. The molecule has 1 aromatic heterocycles. The van der Waals surface area contributed by atoms with Crippen LogP contribution in [0.2, 0.25) is 0 Å². The fraction of sp³-hybridized carbons (Fsp3) is 0.267. The van der Waals surface area contributed by atoms with Crippen LogP contribution in [0, 0.1) is 13.8 Å². The number of hydrogen-bond donors (Lipinski definition) is 1. The molecule has 2 rings (SSSR count). The van der Waals surface area contributed by atoms with Gasteiger partial charge in [-0.15, -0.1) is 0 Å². The minimum atomic E-state index is -0.0711. The Hall–Kier alpha value is -2.23. The van der Waals surface area contributed by atoms with E-state index in [0.717, 1.165) is 16.9 Å². The monoisotopic (exact) mass is 258 g/mol. The van der Waals surface area contributed by atoms with Gasteiger partial charge in [0.1, 0.15) is 12.4 Å². The predicted molar refractivity (Wildman–Crippen MR) is 76.5 cm³/mol. The topological polar surface area (TPSA) is 57.2 Å². The number of hydrogen-bond acceptors (Lipinski definition) is 3. The molecule has 0 bridgehead atoms. The molecular weight excluding hydrogens is 240 g/mol. The van der Waals surface area contributed by atoms with E-state index >= 15 is 0 Å². The minimum absolute atomic E-state index is 0.0711. The third kappa shape index (κ3) is 3.61. The number of rotatable bonds is 4. The lowest BCUT2D eigenvalue weighted by Gasteiger charge is -2.10. The standard InChI is InChI=1S/C15H18N2O2/c1-11-7-12(2)9-14(8-11)19-6-5-17-10-13(16)3-4-15(17)18/h3-4,7-10H,5-6,16H2,1-2H3. The molecule has 0 saturated carbocycles. The van der Waals surface area contributed by atoms with E-state index in [1.54, 1.807) is 16.8 Å². The lowest BCUT2D eigenvalue weighted by molar-refractivity contribution is 0.296. The number of aryl methyl sites for hydroxylation is 2. The number of nitrogens with zero attached hydrogens (tertiary/aromatic N) is 1. The van der Waals surface area contributed by atoms with E-state index in [1.807, 2.05) is 26.0 Å². The molecule has 4 nitrogen and oxygen atoms in total. The van der Waals surface area contributed by atoms with Gasteiger partial charge in [-0.3, -0.25) is 4.79 Å². The van der Waals surface area contributed by atoms with Gasteiger partial charge in [-0.1, -0.05) is 6.07 Å². The Kier molecular flexibility index (Phi) is 3.90. The number of ether oxygens (including phenoxy) is 1. The average Bonchev–Trinajstić information content (AvgIpc) is 2.32. The van der Waals surface area contributed by atoms with Crippen molar-refractivity contribution in [3.8, 4) is 5.75 Å². The highest BCUT2D eigenvalue weighted by Gasteiger charge is 1.99. The van der Waals surface area contributed by atoms with Gasteiger partial charge in [-0.05, 0) is 43.2 Å². The highest BCUT2D eigenvalue weighted by Crippen LogP contribution is 2.16. The van der Waals surface area contributed by atoms with Gasteiger partial charge in [0.15, 0.2) is 0 Å². The Morgan fingerprint density at radius 3 is 2.53 bits per heavy atom. The van der Waals surface area contributed by atoms with E-state index in [0.29, 0.717) is 18.8 Å². The first-order valence-electron chi connectivity index (χ1n) is 6.22. The maximum atomic E-state index is 11.6. The van der Waals surface area contributed by atoms with Crippen molar-refractivity contribution >= 4 is 5.69 Å². The Labute approximate surface area is 112 Å². The maximum Gasteiger partial charge on any atom is 0.250 e. The highest BCUT2D eigenvalue weighted by molar-refractivity contribution is 5.34. The molecule has 2 N–H and O–H groups in total. The molecule has 1 aromatic carbocycles. The minimum Gasteiger partial charge on any atom is -0.492 e. The number of nitrogen functional groups attached to an aromatic ring is 1. The summed E-state index contributed by atoms with van der Waals surface area (Å²) >= 11 is 0. The molecule has 0 aliphatic carbocycles. The molecule has 0 spiro atoms. The van der Waals surface area contributed by atoms with Crippen molar-refractivity contribution in [1.82, 2.24) is 4.57 Å². The van der Waals surface area contributed by atoms with Crippen molar-refractivity contribution in [3.05, 3.63) is 58.0 Å². The van der Waals surface area contributed by atoms with E-state index in [-0.39, 0.29) is 5.56 Å². The normalized spacial score (nSPS) is 10.4. The Morgan fingerprint density at radius 1 is 1.16 bits per heavy atom. The van der Waals surface area contributed by atoms with Crippen LogP contribution in [0.25, 0.3) is 0 Å². The summed E-state index contributed by atoms with van der Waals surface area (Å²) in [7, 11) is 0. The van der Waals surface area contributed by atoms with Crippen molar-refractivity contribution in [1.29, 1.82) is 0 Å². The van der Waals surface area contributed by atoms with Crippen LogP contribution < -0.4 is 16.0 Å². The second-order valence-electron chi connectivity index (χ2n) is 4.67. The number of pyridine rings is 1. The van der Waals surface area contributed by atoms with E-state index in [9.17, 15) is 4.79 Å². The van der Waals surface area contributed by atoms with E-state index in [4.69, 9.17) is 10.5 Å². The van der Waals surface area contributed by atoms with Crippen molar-refractivity contribution in [2.75, 3.05) is 12.3 Å². The fourth-order valence-electron chi connectivity index (χ4n) is 2.00. The number of anilines is 1. The first kappa shape index (κ1) is 13.2. The van der Waals surface area contributed by atoms with Gasteiger partial charge in [0.25, 0.3) is 5.56 Å². The second-order valence-corrected chi connectivity index (χ2v) is 4.67. The van der Waals surface area contributed by atoms with Gasteiger partial charge < -0.3 is 15.0 Å². The first-order chi connectivity index (χ1) is 9.04. The molecule has 0 aliphatic heterocycles. The van der Waals surface area contributed by atoms with Crippen LogP contribution in [0.3, 0.4) is 0 Å². The number of aromatic nitrogens is 1. The van der Waals surface area contributed by atoms with Gasteiger partial charge in [0, 0.05) is 18.0 Å².